The van der Waals surface area contributed by atoms with Gasteiger partial charge in [0.15, 0.2) is 5.75 Å². The van der Waals surface area contributed by atoms with Crippen LogP contribution in [0.25, 0.3) is 0 Å². The molecule has 182 valence electrons. The summed E-state index contributed by atoms with van der Waals surface area (Å²) in [5.74, 6) is 1.73. The minimum atomic E-state index is -0.548. The first-order valence-electron chi connectivity index (χ1n) is 11.2. The molecule has 2 aromatic rings. The monoisotopic (exact) mass is 515 g/mol. The Kier molecular flexibility index (Phi) is 9.98. The van der Waals surface area contributed by atoms with Gasteiger partial charge >= 0.3 is 0 Å². The van der Waals surface area contributed by atoms with Crippen LogP contribution in [-0.2, 0) is 10.2 Å². The molecule has 0 radical (unpaired) electrons. The summed E-state index contributed by atoms with van der Waals surface area (Å²) in [5.41, 5.74) is 1.74. The maximum atomic E-state index is 10.3. The number of rotatable bonds is 11. The summed E-state index contributed by atoms with van der Waals surface area (Å²) in [6.45, 7) is 8.64. The van der Waals surface area contributed by atoms with Gasteiger partial charge in [0.05, 0.1) is 29.9 Å². The SMILES string of the molecule is CC(C)(c1ccc(OCC(O)CN2CCOCC2)cc1)c1cc(Cl)c(OCCCCl)c(Cl)c1. The van der Waals surface area contributed by atoms with E-state index in [4.69, 9.17) is 49.0 Å². The minimum Gasteiger partial charge on any atom is -0.491 e. The van der Waals surface area contributed by atoms with Gasteiger partial charge in [0.25, 0.3) is 0 Å². The first kappa shape index (κ1) is 26.4. The first-order chi connectivity index (χ1) is 15.8. The third-order valence-corrected chi connectivity index (χ3v) is 6.66. The van der Waals surface area contributed by atoms with Crippen LogP contribution >= 0.6 is 34.8 Å². The number of nitrogens with zero attached hydrogens (tertiary/aromatic N) is 1. The molecule has 5 nitrogen and oxygen atoms in total. The molecule has 1 aliphatic heterocycles. The molecule has 1 atom stereocenters. The lowest BCUT2D eigenvalue weighted by Gasteiger charge is -2.28. The molecule has 1 N–H and O–H groups in total. The van der Waals surface area contributed by atoms with Crippen LogP contribution in [0, 0.1) is 0 Å². The van der Waals surface area contributed by atoms with Crippen LogP contribution < -0.4 is 9.47 Å². The number of hydrogen-bond donors (Lipinski definition) is 1. The van der Waals surface area contributed by atoms with E-state index in [1.54, 1.807) is 0 Å². The van der Waals surface area contributed by atoms with Gasteiger partial charge in [0.1, 0.15) is 18.5 Å². The Morgan fingerprint density at radius 2 is 1.67 bits per heavy atom. The highest BCUT2D eigenvalue weighted by Crippen LogP contribution is 2.40. The Morgan fingerprint density at radius 3 is 2.27 bits per heavy atom. The Balaban J connectivity index is 1.61. The topological polar surface area (TPSA) is 51.2 Å². The molecule has 0 bridgehead atoms. The number of halogens is 3. The number of hydrogen-bond acceptors (Lipinski definition) is 5. The quantitative estimate of drug-likeness (QED) is 0.320. The van der Waals surface area contributed by atoms with E-state index in [0.717, 1.165) is 36.4 Å². The number of aliphatic hydroxyl groups is 1. The van der Waals surface area contributed by atoms with Crippen molar-refractivity contribution in [1.29, 1.82) is 0 Å². The molecule has 1 fully saturated rings. The van der Waals surface area contributed by atoms with E-state index in [0.29, 0.717) is 48.0 Å². The van der Waals surface area contributed by atoms with E-state index in [1.165, 1.54) is 0 Å². The molecule has 0 aromatic heterocycles. The number of alkyl halides is 1. The summed E-state index contributed by atoms with van der Waals surface area (Å²) < 4.78 is 16.8. The molecule has 1 aliphatic rings. The van der Waals surface area contributed by atoms with Crippen molar-refractivity contribution >= 4 is 34.8 Å². The van der Waals surface area contributed by atoms with Crippen LogP contribution in [0.5, 0.6) is 11.5 Å². The normalized spacial score (nSPS) is 15.9. The van der Waals surface area contributed by atoms with Crippen LogP contribution in [0.1, 0.15) is 31.4 Å². The Labute approximate surface area is 211 Å². The van der Waals surface area contributed by atoms with E-state index >= 15 is 0 Å². The number of aliphatic hydroxyl groups excluding tert-OH is 1. The van der Waals surface area contributed by atoms with Gasteiger partial charge in [-0.25, -0.2) is 0 Å². The van der Waals surface area contributed by atoms with Gasteiger partial charge in [-0.2, -0.15) is 0 Å². The van der Waals surface area contributed by atoms with Crippen molar-refractivity contribution < 1.29 is 19.3 Å². The van der Waals surface area contributed by atoms with Crippen LogP contribution in [-0.4, -0.2) is 68.1 Å². The van der Waals surface area contributed by atoms with Gasteiger partial charge in [-0.3, -0.25) is 4.90 Å². The lowest BCUT2D eigenvalue weighted by atomic mass is 9.78. The van der Waals surface area contributed by atoms with Crippen LogP contribution in [0.3, 0.4) is 0 Å². The fourth-order valence-electron chi connectivity index (χ4n) is 3.75. The van der Waals surface area contributed by atoms with E-state index in [2.05, 4.69) is 18.7 Å². The Morgan fingerprint density at radius 1 is 1.03 bits per heavy atom. The largest absolute Gasteiger partial charge is 0.491 e. The third kappa shape index (κ3) is 7.38. The fraction of sp³-hybridized carbons (Fsp3) is 0.520. The molecular weight excluding hydrogens is 485 g/mol. The van der Waals surface area contributed by atoms with Crippen LogP contribution in [0.2, 0.25) is 10.0 Å². The van der Waals surface area contributed by atoms with Crippen LogP contribution in [0.15, 0.2) is 36.4 Å². The van der Waals surface area contributed by atoms with Crippen LogP contribution in [0.4, 0.5) is 0 Å². The second-order valence-corrected chi connectivity index (χ2v) is 9.88. The molecule has 0 aliphatic carbocycles. The van der Waals surface area contributed by atoms with Crippen molar-refractivity contribution in [2.45, 2.75) is 31.8 Å². The van der Waals surface area contributed by atoms with Gasteiger partial charge in [-0.05, 0) is 41.8 Å². The minimum absolute atomic E-state index is 0.247. The summed E-state index contributed by atoms with van der Waals surface area (Å²) in [6.07, 6.45) is 0.175. The second kappa shape index (κ2) is 12.5. The zero-order chi connectivity index (χ0) is 23.8. The first-order valence-corrected chi connectivity index (χ1v) is 12.5. The predicted molar refractivity (Wildman–Crippen MR) is 135 cm³/mol. The number of morpholine rings is 1. The number of ether oxygens (including phenoxy) is 3. The lowest BCUT2D eigenvalue weighted by Crippen LogP contribution is -2.42. The zero-order valence-corrected chi connectivity index (χ0v) is 21.4. The second-order valence-electron chi connectivity index (χ2n) is 8.69. The predicted octanol–water partition coefficient (Wildman–Crippen LogP) is 5.40. The third-order valence-electron chi connectivity index (χ3n) is 5.84. The maximum absolute atomic E-state index is 10.3. The summed E-state index contributed by atoms with van der Waals surface area (Å²) in [6, 6.07) is 11.7. The zero-order valence-electron chi connectivity index (χ0n) is 19.2. The molecule has 2 aromatic carbocycles. The van der Waals surface area contributed by atoms with Crippen molar-refractivity contribution in [3.8, 4) is 11.5 Å². The van der Waals surface area contributed by atoms with E-state index < -0.39 is 6.10 Å². The molecule has 0 amide bonds. The average molecular weight is 517 g/mol. The van der Waals surface area contributed by atoms with Gasteiger partial charge in [-0.15, -0.1) is 11.6 Å². The van der Waals surface area contributed by atoms with Crippen molar-refractivity contribution in [2.24, 2.45) is 0 Å². The van der Waals surface area contributed by atoms with Gasteiger partial charge in [-0.1, -0.05) is 49.2 Å². The Hall–Kier alpha value is -1.21. The standard InChI is InChI=1S/C25H32Cl3NO4/c1-25(2,19-14-22(27)24(23(28)15-19)32-11-3-8-26)18-4-6-21(7-5-18)33-17-20(30)16-29-9-12-31-13-10-29/h4-7,14-15,20,30H,3,8-13,16-17H2,1-2H3. The Bertz CT molecular complexity index is 863. The van der Waals surface area contributed by atoms with Gasteiger partial charge < -0.3 is 19.3 Å². The molecule has 1 saturated heterocycles. The van der Waals surface area contributed by atoms with E-state index in [1.807, 2.05) is 36.4 Å². The van der Waals surface area contributed by atoms with Crippen molar-refractivity contribution in [3.05, 3.63) is 57.6 Å². The summed E-state index contributed by atoms with van der Waals surface area (Å²) >= 11 is 18.7. The molecule has 33 heavy (non-hydrogen) atoms. The molecule has 8 heteroatoms. The summed E-state index contributed by atoms with van der Waals surface area (Å²) in [5, 5.41) is 11.3. The van der Waals surface area contributed by atoms with Gasteiger partial charge in [0.2, 0.25) is 0 Å². The molecule has 0 spiro atoms. The van der Waals surface area contributed by atoms with Crippen molar-refractivity contribution in [2.75, 3.05) is 51.9 Å². The van der Waals surface area contributed by atoms with Crippen molar-refractivity contribution in [3.63, 3.8) is 0 Å². The smallest absolute Gasteiger partial charge is 0.156 e. The fourth-order valence-corrected chi connectivity index (χ4v) is 4.45. The summed E-state index contributed by atoms with van der Waals surface area (Å²) in [4.78, 5) is 2.19. The molecule has 1 heterocycles. The highest BCUT2D eigenvalue weighted by molar-refractivity contribution is 6.37. The molecule has 0 saturated carbocycles. The lowest BCUT2D eigenvalue weighted by molar-refractivity contribution is 0.00465. The highest BCUT2D eigenvalue weighted by atomic mass is 35.5. The number of β-amino-alcohol motifs (C(OH)–C–C–N with tert-alkyl or cyclic N) is 1. The molecular formula is C25H32Cl3NO4. The van der Waals surface area contributed by atoms with Gasteiger partial charge in [0, 0.05) is 30.9 Å². The van der Waals surface area contributed by atoms with Crippen molar-refractivity contribution in [1.82, 2.24) is 4.90 Å². The molecule has 3 rings (SSSR count). The van der Waals surface area contributed by atoms with E-state index in [-0.39, 0.29) is 12.0 Å². The molecule has 1 unspecified atom stereocenters. The average Bonchev–Trinajstić information content (AvgIpc) is 2.80. The van der Waals surface area contributed by atoms with E-state index in [9.17, 15) is 5.11 Å². The summed E-state index contributed by atoms with van der Waals surface area (Å²) in [7, 11) is 0. The maximum Gasteiger partial charge on any atom is 0.156 e. The highest BCUT2D eigenvalue weighted by Gasteiger charge is 2.26. The number of benzene rings is 2.